The molecule has 4 nitrogen and oxygen atoms in total. The lowest BCUT2D eigenvalue weighted by Crippen LogP contribution is -2.29. The summed E-state index contributed by atoms with van der Waals surface area (Å²) in [6.45, 7) is 0.489. The van der Waals surface area contributed by atoms with E-state index in [0.717, 1.165) is 25.0 Å². The van der Waals surface area contributed by atoms with Gasteiger partial charge in [-0.15, -0.1) is 0 Å². The van der Waals surface area contributed by atoms with Gasteiger partial charge in [0.1, 0.15) is 0 Å². The van der Waals surface area contributed by atoms with E-state index >= 15 is 0 Å². The second-order valence-electron chi connectivity index (χ2n) is 3.89. The van der Waals surface area contributed by atoms with Crippen molar-refractivity contribution in [2.45, 2.75) is 44.4 Å². The zero-order valence-corrected chi connectivity index (χ0v) is 8.26. The van der Waals surface area contributed by atoms with E-state index in [1.54, 1.807) is 6.20 Å². The Bertz CT molecular complexity index is 297. The van der Waals surface area contributed by atoms with Crippen molar-refractivity contribution in [1.82, 2.24) is 9.78 Å². The summed E-state index contributed by atoms with van der Waals surface area (Å²) in [5.41, 5.74) is 6.61. The summed E-state index contributed by atoms with van der Waals surface area (Å²) < 4.78 is 1.89. The lowest BCUT2D eigenvalue weighted by molar-refractivity contribution is 0.0680. The van der Waals surface area contributed by atoms with Crippen molar-refractivity contribution in [3.8, 4) is 0 Å². The fourth-order valence-electron chi connectivity index (χ4n) is 2.18. The molecule has 78 valence electrons. The molecule has 0 aliphatic heterocycles. The van der Waals surface area contributed by atoms with Crippen molar-refractivity contribution in [2.75, 3.05) is 0 Å². The van der Waals surface area contributed by atoms with Crippen LogP contribution in [0.2, 0.25) is 0 Å². The molecule has 1 aliphatic rings. The normalized spacial score (nSPS) is 27.9. The quantitative estimate of drug-likeness (QED) is 0.734. The van der Waals surface area contributed by atoms with Gasteiger partial charge in [0.05, 0.1) is 17.8 Å². The van der Waals surface area contributed by atoms with Crippen molar-refractivity contribution in [2.24, 2.45) is 5.73 Å². The van der Waals surface area contributed by atoms with Gasteiger partial charge in [0.15, 0.2) is 0 Å². The Morgan fingerprint density at radius 3 is 3.00 bits per heavy atom. The lowest BCUT2D eigenvalue weighted by atomic mass is 9.92. The molecule has 2 rings (SSSR count). The highest BCUT2D eigenvalue weighted by atomic mass is 16.3. The molecule has 1 saturated carbocycles. The Morgan fingerprint density at radius 2 is 2.29 bits per heavy atom. The SMILES string of the molecule is NCc1ccnn1C1CCCCC1O. The molecule has 1 heterocycles. The Balaban J connectivity index is 2.20. The van der Waals surface area contributed by atoms with E-state index in [2.05, 4.69) is 5.10 Å². The minimum Gasteiger partial charge on any atom is -0.391 e. The van der Waals surface area contributed by atoms with E-state index in [1.807, 2.05) is 10.7 Å². The summed E-state index contributed by atoms with van der Waals surface area (Å²) in [4.78, 5) is 0. The second kappa shape index (κ2) is 4.11. The number of hydrogen-bond donors (Lipinski definition) is 2. The molecule has 14 heavy (non-hydrogen) atoms. The smallest absolute Gasteiger partial charge is 0.0781 e. The molecule has 0 radical (unpaired) electrons. The average Bonchev–Trinajstić information content (AvgIpc) is 2.66. The molecule has 2 atom stereocenters. The van der Waals surface area contributed by atoms with Crippen LogP contribution in [-0.4, -0.2) is 21.0 Å². The molecule has 4 heteroatoms. The van der Waals surface area contributed by atoms with Crippen molar-refractivity contribution in [3.63, 3.8) is 0 Å². The molecule has 1 fully saturated rings. The maximum Gasteiger partial charge on any atom is 0.0781 e. The number of aliphatic hydroxyl groups excluding tert-OH is 1. The molecule has 0 saturated heterocycles. The summed E-state index contributed by atoms with van der Waals surface area (Å²) in [6, 6.07) is 2.05. The molecule has 0 amide bonds. The maximum atomic E-state index is 9.86. The van der Waals surface area contributed by atoms with Crippen molar-refractivity contribution in [1.29, 1.82) is 0 Å². The van der Waals surface area contributed by atoms with Gasteiger partial charge < -0.3 is 10.8 Å². The molecular formula is C10H17N3O. The highest BCUT2D eigenvalue weighted by Gasteiger charge is 2.26. The first-order valence-corrected chi connectivity index (χ1v) is 5.23. The Morgan fingerprint density at radius 1 is 1.50 bits per heavy atom. The highest BCUT2D eigenvalue weighted by Crippen LogP contribution is 2.28. The van der Waals surface area contributed by atoms with E-state index < -0.39 is 0 Å². The molecule has 1 aliphatic carbocycles. The van der Waals surface area contributed by atoms with Gasteiger partial charge in [-0.25, -0.2) is 0 Å². The minimum absolute atomic E-state index is 0.136. The zero-order valence-electron chi connectivity index (χ0n) is 8.26. The van der Waals surface area contributed by atoms with Gasteiger partial charge >= 0.3 is 0 Å². The lowest BCUT2D eigenvalue weighted by Gasteiger charge is -2.28. The summed E-state index contributed by atoms with van der Waals surface area (Å²) in [5.74, 6) is 0. The molecule has 2 unspecified atom stereocenters. The van der Waals surface area contributed by atoms with Gasteiger partial charge in [0, 0.05) is 12.7 Å². The van der Waals surface area contributed by atoms with Crippen LogP contribution in [0, 0.1) is 0 Å². The van der Waals surface area contributed by atoms with E-state index in [-0.39, 0.29) is 12.1 Å². The number of nitrogens with zero attached hydrogens (tertiary/aromatic N) is 2. The van der Waals surface area contributed by atoms with Crippen LogP contribution in [0.3, 0.4) is 0 Å². The van der Waals surface area contributed by atoms with Gasteiger partial charge in [0.2, 0.25) is 0 Å². The highest BCUT2D eigenvalue weighted by molar-refractivity contribution is 5.02. The van der Waals surface area contributed by atoms with Crippen molar-refractivity contribution < 1.29 is 5.11 Å². The summed E-state index contributed by atoms with van der Waals surface area (Å²) >= 11 is 0. The van der Waals surface area contributed by atoms with Crippen LogP contribution in [-0.2, 0) is 6.54 Å². The predicted molar refractivity (Wildman–Crippen MR) is 53.6 cm³/mol. The van der Waals surface area contributed by atoms with Crippen molar-refractivity contribution in [3.05, 3.63) is 18.0 Å². The van der Waals surface area contributed by atoms with Crippen LogP contribution in [0.25, 0.3) is 0 Å². The van der Waals surface area contributed by atoms with E-state index in [1.165, 1.54) is 6.42 Å². The number of rotatable bonds is 2. The molecule has 0 aromatic carbocycles. The topological polar surface area (TPSA) is 64.1 Å². The number of aromatic nitrogens is 2. The Kier molecular flexibility index (Phi) is 2.84. The third kappa shape index (κ3) is 1.67. The predicted octanol–water partition coefficient (Wildman–Crippen LogP) is 0.818. The monoisotopic (exact) mass is 195 g/mol. The van der Waals surface area contributed by atoms with Crippen LogP contribution < -0.4 is 5.73 Å². The van der Waals surface area contributed by atoms with Crippen LogP contribution >= 0.6 is 0 Å². The molecule has 1 aromatic rings. The third-order valence-electron chi connectivity index (χ3n) is 2.97. The maximum absolute atomic E-state index is 9.86. The Labute approximate surface area is 83.7 Å². The third-order valence-corrected chi connectivity index (χ3v) is 2.97. The van der Waals surface area contributed by atoms with E-state index in [0.29, 0.717) is 6.54 Å². The van der Waals surface area contributed by atoms with Gasteiger partial charge in [-0.1, -0.05) is 12.8 Å². The number of hydrogen-bond acceptors (Lipinski definition) is 3. The van der Waals surface area contributed by atoms with Crippen LogP contribution in [0.15, 0.2) is 12.3 Å². The first kappa shape index (κ1) is 9.68. The van der Waals surface area contributed by atoms with E-state index in [9.17, 15) is 5.11 Å². The molecule has 0 spiro atoms. The van der Waals surface area contributed by atoms with Crippen LogP contribution in [0.4, 0.5) is 0 Å². The molecule has 1 aromatic heterocycles. The van der Waals surface area contributed by atoms with Crippen LogP contribution in [0.1, 0.15) is 37.4 Å². The van der Waals surface area contributed by atoms with Crippen molar-refractivity contribution >= 4 is 0 Å². The molecule has 0 bridgehead atoms. The first-order chi connectivity index (χ1) is 6.83. The summed E-state index contributed by atoms with van der Waals surface area (Å²) in [5, 5.41) is 14.1. The van der Waals surface area contributed by atoms with Gasteiger partial charge in [-0.3, -0.25) is 4.68 Å². The second-order valence-corrected chi connectivity index (χ2v) is 3.89. The van der Waals surface area contributed by atoms with Gasteiger partial charge in [-0.05, 0) is 18.9 Å². The largest absolute Gasteiger partial charge is 0.391 e. The number of aliphatic hydroxyl groups is 1. The standard InChI is InChI=1S/C10H17N3O/c11-7-8-5-6-12-13(8)9-3-1-2-4-10(9)14/h5-6,9-10,14H,1-4,7,11H2. The van der Waals surface area contributed by atoms with Gasteiger partial charge in [0.25, 0.3) is 0 Å². The van der Waals surface area contributed by atoms with Gasteiger partial charge in [-0.2, -0.15) is 5.10 Å². The fourth-order valence-corrected chi connectivity index (χ4v) is 2.18. The number of nitrogens with two attached hydrogens (primary N) is 1. The van der Waals surface area contributed by atoms with Crippen LogP contribution in [0.5, 0.6) is 0 Å². The average molecular weight is 195 g/mol. The summed E-state index contributed by atoms with van der Waals surface area (Å²) in [6.07, 6.45) is 5.69. The Hall–Kier alpha value is -0.870. The minimum atomic E-state index is -0.256. The first-order valence-electron chi connectivity index (χ1n) is 5.23. The molecule has 3 N–H and O–H groups in total. The molecular weight excluding hydrogens is 178 g/mol. The fraction of sp³-hybridized carbons (Fsp3) is 0.700. The summed E-state index contributed by atoms with van der Waals surface area (Å²) in [7, 11) is 0. The zero-order chi connectivity index (χ0) is 9.97. The van der Waals surface area contributed by atoms with E-state index in [4.69, 9.17) is 5.73 Å².